The van der Waals surface area contributed by atoms with Crippen molar-refractivity contribution in [3.05, 3.63) is 0 Å². The Labute approximate surface area is 121 Å². The highest BCUT2D eigenvalue weighted by atomic mass is 31.2. The summed E-state index contributed by atoms with van der Waals surface area (Å²) in [7, 11) is 1.64. The van der Waals surface area contributed by atoms with Gasteiger partial charge in [0.15, 0.2) is 6.17 Å². The fraction of sp³-hybridized carbons (Fsp3) is 1.00. The van der Waals surface area contributed by atoms with Crippen LogP contribution in [0, 0.1) is 0 Å². The highest BCUT2D eigenvalue weighted by Gasteiger charge is 2.49. The van der Waals surface area contributed by atoms with Crippen molar-refractivity contribution < 1.29 is 27.8 Å². The highest BCUT2D eigenvalue weighted by Crippen LogP contribution is 2.57. The van der Waals surface area contributed by atoms with E-state index in [0.29, 0.717) is 0 Å². The van der Waals surface area contributed by atoms with Gasteiger partial charge in [0.2, 0.25) is 0 Å². The Bertz CT molecular complexity index is 373. The SMILES string of the molecule is [B]C1OC(COC(C)C)[C@H](F)[C@H]1OP(=O)(O)C(C)(C)C. The summed E-state index contributed by atoms with van der Waals surface area (Å²) in [5, 5.41) is -1.01. The standard InChI is InChI=1S/C12H23BFO5P/c1-7(2)17-6-8-9(14)10(11(13)18-8)19-20(15,16)12(3,4)5/h7-11H,6H2,1-5H3,(H,15,16)/t8?,9-,10+,11?/m0/s1. The fourth-order valence-electron chi connectivity index (χ4n) is 1.61. The van der Waals surface area contributed by atoms with E-state index in [1.165, 1.54) is 0 Å². The van der Waals surface area contributed by atoms with Crippen molar-refractivity contribution in [3.8, 4) is 0 Å². The van der Waals surface area contributed by atoms with E-state index in [1.54, 1.807) is 20.8 Å². The van der Waals surface area contributed by atoms with Crippen LogP contribution in [0.5, 0.6) is 0 Å². The van der Waals surface area contributed by atoms with Gasteiger partial charge < -0.3 is 14.4 Å². The number of halogens is 1. The maximum absolute atomic E-state index is 14.2. The van der Waals surface area contributed by atoms with E-state index in [9.17, 15) is 13.8 Å². The Hall–Kier alpha value is 0.0649. The van der Waals surface area contributed by atoms with E-state index < -0.39 is 37.1 Å². The largest absolute Gasteiger partial charge is 0.376 e. The van der Waals surface area contributed by atoms with E-state index in [1.807, 2.05) is 13.8 Å². The Balaban J connectivity index is 2.70. The van der Waals surface area contributed by atoms with Gasteiger partial charge in [-0.05, 0) is 34.6 Å². The van der Waals surface area contributed by atoms with Gasteiger partial charge in [0.05, 0.1) is 17.9 Å². The van der Waals surface area contributed by atoms with Crippen molar-refractivity contribution in [1.29, 1.82) is 0 Å². The first-order chi connectivity index (χ1) is 8.95. The molecule has 0 saturated carbocycles. The second-order valence-electron chi connectivity index (χ2n) is 6.23. The summed E-state index contributed by atoms with van der Waals surface area (Å²) in [6.45, 7) is 8.29. The molecule has 8 heteroatoms. The molecule has 20 heavy (non-hydrogen) atoms. The van der Waals surface area contributed by atoms with E-state index in [0.717, 1.165) is 0 Å². The maximum atomic E-state index is 14.2. The molecule has 0 bridgehead atoms. The van der Waals surface area contributed by atoms with Crippen LogP contribution in [0.3, 0.4) is 0 Å². The minimum atomic E-state index is -4.01. The smallest absolute Gasteiger partial charge is 0.333 e. The molecule has 1 rings (SSSR count). The summed E-state index contributed by atoms with van der Waals surface area (Å²) in [4.78, 5) is 9.88. The predicted molar refractivity (Wildman–Crippen MR) is 74.9 cm³/mol. The number of hydrogen-bond donors (Lipinski definition) is 1. The fourth-order valence-corrected chi connectivity index (χ4v) is 2.49. The van der Waals surface area contributed by atoms with Gasteiger partial charge in [0.1, 0.15) is 20.1 Å². The number of alkyl halides is 1. The van der Waals surface area contributed by atoms with Gasteiger partial charge in [-0.2, -0.15) is 0 Å². The van der Waals surface area contributed by atoms with Crippen LogP contribution in [0.25, 0.3) is 0 Å². The van der Waals surface area contributed by atoms with Crippen LogP contribution in [0.2, 0.25) is 0 Å². The Morgan fingerprint density at radius 3 is 2.45 bits per heavy atom. The Morgan fingerprint density at radius 2 is 2.00 bits per heavy atom. The third-order valence-electron chi connectivity index (χ3n) is 3.03. The van der Waals surface area contributed by atoms with E-state index in [2.05, 4.69) is 0 Å². The van der Waals surface area contributed by atoms with Gasteiger partial charge in [-0.3, -0.25) is 9.09 Å². The first-order valence-corrected chi connectivity index (χ1v) is 8.21. The topological polar surface area (TPSA) is 65.0 Å². The molecule has 1 fully saturated rings. The normalized spacial score (nSPS) is 34.4. The molecular formula is C12H23BFO5P. The molecule has 116 valence electrons. The Morgan fingerprint density at radius 1 is 1.45 bits per heavy atom. The maximum Gasteiger partial charge on any atom is 0.333 e. The minimum absolute atomic E-state index is 0.0254. The summed E-state index contributed by atoms with van der Waals surface area (Å²) in [5.41, 5.74) is 0. The molecule has 1 aliphatic heterocycles. The van der Waals surface area contributed by atoms with Gasteiger partial charge in [-0.15, -0.1) is 0 Å². The van der Waals surface area contributed by atoms with Gasteiger partial charge in [0, 0.05) is 6.00 Å². The third kappa shape index (κ3) is 4.28. The van der Waals surface area contributed by atoms with Crippen LogP contribution in [-0.2, 0) is 18.6 Å². The molecule has 3 unspecified atom stereocenters. The summed E-state index contributed by atoms with van der Waals surface area (Å²) < 4.78 is 41.9. The zero-order valence-electron chi connectivity index (χ0n) is 12.6. The predicted octanol–water partition coefficient (Wildman–Crippen LogP) is 2.01. The molecule has 0 aromatic heterocycles. The van der Waals surface area contributed by atoms with Crippen molar-refractivity contribution in [2.75, 3.05) is 6.61 Å². The molecule has 0 amide bonds. The van der Waals surface area contributed by atoms with Gasteiger partial charge >= 0.3 is 7.60 Å². The molecule has 1 heterocycles. The lowest BCUT2D eigenvalue weighted by Crippen LogP contribution is -2.35. The second kappa shape index (κ2) is 6.45. The summed E-state index contributed by atoms with van der Waals surface area (Å²) in [6, 6.07) is -1.09. The molecule has 0 aromatic rings. The number of rotatable bonds is 5. The molecule has 0 spiro atoms. The molecular weight excluding hydrogens is 285 g/mol. The summed E-state index contributed by atoms with van der Waals surface area (Å²) in [6.07, 6.45) is -3.84. The van der Waals surface area contributed by atoms with Crippen molar-refractivity contribution in [3.63, 3.8) is 0 Å². The van der Waals surface area contributed by atoms with Crippen molar-refractivity contribution in [2.24, 2.45) is 0 Å². The quantitative estimate of drug-likeness (QED) is 0.622. The van der Waals surface area contributed by atoms with Crippen LogP contribution in [0.4, 0.5) is 4.39 Å². The summed E-state index contributed by atoms with van der Waals surface area (Å²) in [5.74, 6) is 0. The second-order valence-corrected chi connectivity index (χ2v) is 8.82. The zero-order chi connectivity index (χ0) is 15.7. The average Bonchev–Trinajstić information content (AvgIpc) is 2.52. The third-order valence-corrected chi connectivity index (χ3v) is 5.26. The number of ether oxygens (including phenoxy) is 2. The molecule has 1 N–H and O–H groups in total. The monoisotopic (exact) mass is 308 g/mol. The van der Waals surface area contributed by atoms with Crippen LogP contribution in [0.1, 0.15) is 34.6 Å². The van der Waals surface area contributed by atoms with Crippen LogP contribution >= 0.6 is 7.60 Å². The minimum Gasteiger partial charge on any atom is -0.376 e. The molecule has 2 radical (unpaired) electrons. The molecule has 5 nitrogen and oxygen atoms in total. The average molecular weight is 308 g/mol. The van der Waals surface area contributed by atoms with E-state index >= 15 is 0 Å². The molecule has 1 saturated heterocycles. The van der Waals surface area contributed by atoms with Gasteiger partial charge in [-0.25, -0.2) is 4.39 Å². The van der Waals surface area contributed by atoms with Gasteiger partial charge in [-0.1, -0.05) is 0 Å². The van der Waals surface area contributed by atoms with E-state index in [-0.39, 0.29) is 12.7 Å². The lowest BCUT2D eigenvalue weighted by Gasteiger charge is -2.29. The zero-order valence-corrected chi connectivity index (χ0v) is 13.5. The van der Waals surface area contributed by atoms with Crippen LogP contribution < -0.4 is 0 Å². The van der Waals surface area contributed by atoms with Crippen LogP contribution in [-0.4, -0.2) is 55.0 Å². The number of hydrogen-bond acceptors (Lipinski definition) is 4. The summed E-state index contributed by atoms with van der Waals surface area (Å²) >= 11 is 0. The first-order valence-electron chi connectivity index (χ1n) is 6.63. The van der Waals surface area contributed by atoms with Crippen LogP contribution in [0.15, 0.2) is 0 Å². The first kappa shape index (κ1) is 18.1. The lowest BCUT2D eigenvalue weighted by molar-refractivity contribution is -0.0322. The van der Waals surface area contributed by atoms with Crippen molar-refractivity contribution in [2.45, 2.75) is 70.3 Å². The van der Waals surface area contributed by atoms with Crippen molar-refractivity contribution >= 4 is 15.4 Å². The molecule has 1 aliphatic rings. The van der Waals surface area contributed by atoms with E-state index in [4.69, 9.17) is 21.8 Å². The molecule has 0 aromatic carbocycles. The molecule has 5 atom stereocenters. The molecule has 0 aliphatic carbocycles. The highest BCUT2D eigenvalue weighted by molar-refractivity contribution is 7.54. The van der Waals surface area contributed by atoms with Crippen molar-refractivity contribution in [1.82, 2.24) is 0 Å². The lowest BCUT2D eigenvalue weighted by atomic mass is 9.94. The Kier molecular flexibility index (Phi) is 5.84. The van der Waals surface area contributed by atoms with Gasteiger partial charge in [0.25, 0.3) is 0 Å².